The molecule has 188 valence electrons. The highest BCUT2D eigenvalue weighted by Gasteiger charge is 2.22. The van der Waals surface area contributed by atoms with E-state index in [-0.39, 0.29) is 23.8 Å². The van der Waals surface area contributed by atoms with Crippen molar-refractivity contribution < 1.29 is 14.3 Å². The van der Waals surface area contributed by atoms with Gasteiger partial charge >= 0.3 is 5.97 Å². The van der Waals surface area contributed by atoms with E-state index in [9.17, 15) is 9.59 Å². The van der Waals surface area contributed by atoms with Gasteiger partial charge in [-0.3, -0.25) is 15.6 Å². The van der Waals surface area contributed by atoms with Crippen molar-refractivity contribution in [1.82, 2.24) is 4.57 Å². The maximum Gasteiger partial charge on any atom is 0.343 e. The molecule has 0 unspecified atom stereocenters. The third kappa shape index (κ3) is 4.92. The predicted octanol–water partition coefficient (Wildman–Crippen LogP) is 3.81. The van der Waals surface area contributed by atoms with Crippen LogP contribution in [-0.2, 0) is 11.3 Å². The number of aromatic nitrogens is 1. The van der Waals surface area contributed by atoms with Crippen molar-refractivity contribution in [2.24, 2.45) is 11.5 Å². The third-order valence-electron chi connectivity index (χ3n) is 6.16. The SMILES string of the molecule is COC(=O)c1c(C)c2c(C)cc(Oc3cccc(C(=N)N)c3)cc2n(Cc2ccc(C(=N)N)cc2)c1=O. The molecule has 0 fully saturated rings. The number of hydrogen-bond donors (Lipinski definition) is 4. The van der Waals surface area contributed by atoms with Crippen molar-refractivity contribution in [3.63, 3.8) is 0 Å². The average molecular weight is 498 g/mol. The van der Waals surface area contributed by atoms with Crippen LogP contribution in [0.4, 0.5) is 0 Å². The lowest BCUT2D eigenvalue weighted by molar-refractivity contribution is 0.0597. The summed E-state index contributed by atoms with van der Waals surface area (Å²) >= 11 is 0. The van der Waals surface area contributed by atoms with Crippen LogP contribution in [-0.4, -0.2) is 29.3 Å². The van der Waals surface area contributed by atoms with Crippen LogP contribution >= 0.6 is 0 Å². The van der Waals surface area contributed by atoms with E-state index in [0.29, 0.717) is 33.7 Å². The van der Waals surface area contributed by atoms with Crippen molar-refractivity contribution in [3.05, 3.63) is 104 Å². The van der Waals surface area contributed by atoms with E-state index in [1.807, 2.05) is 13.0 Å². The topological polar surface area (TPSA) is 157 Å². The number of nitrogen functional groups attached to an aromatic ring is 2. The number of fused-ring (bicyclic) bond motifs is 1. The van der Waals surface area contributed by atoms with E-state index in [2.05, 4.69) is 0 Å². The molecular formula is C28H27N5O4. The van der Waals surface area contributed by atoms with Gasteiger partial charge in [-0.1, -0.05) is 36.4 Å². The first-order chi connectivity index (χ1) is 17.6. The molecule has 4 aromatic rings. The number of carbonyl (C=O) groups excluding carboxylic acids is 1. The maximum atomic E-state index is 13.6. The number of pyridine rings is 1. The molecule has 4 rings (SSSR count). The lowest BCUT2D eigenvalue weighted by atomic mass is 9.99. The minimum absolute atomic E-state index is 0.0266. The van der Waals surface area contributed by atoms with Gasteiger partial charge in [0.1, 0.15) is 28.7 Å². The van der Waals surface area contributed by atoms with Gasteiger partial charge in [0.25, 0.3) is 5.56 Å². The van der Waals surface area contributed by atoms with Crippen LogP contribution in [0.3, 0.4) is 0 Å². The molecule has 0 saturated carbocycles. The molecule has 9 nitrogen and oxygen atoms in total. The number of benzene rings is 3. The van der Waals surface area contributed by atoms with E-state index in [0.717, 1.165) is 16.5 Å². The van der Waals surface area contributed by atoms with Crippen molar-refractivity contribution >= 4 is 28.5 Å². The lowest BCUT2D eigenvalue weighted by Crippen LogP contribution is -2.29. The largest absolute Gasteiger partial charge is 0.465 e. The first-order valence-electron chi connectivity index (χ1n) is 11.4. The van der Waals surface area contributed by atoms with Crippen LogP contribution in [0.25, 0.3) is 10.9 Å². The Bertz CT molecular complexity index is 1620. The minimum atomic E-state index is -0.703. The van der Waals surface area contributed by atoms with E-state index in [4.69, 9.17) is 31.8 Å². The fraction of sp³-hybridized carbons (Fsp3) is 0.143. The molecule has 0 amide bonds. The van der Waals surface area contributed by atoms with Crippen molar-refractivity contribution in [3.8, 4) is 11.5 Å². The summed E-state index contributed by atoms with van der Waals surface area (Å²) in [5.74, 6) is 0.143. The Morgan fingerprint density at radius 2 is 1.59 bits per heavy atom. The zero-order chi connectivity index (χ0) is 26.9. The summed E-state index contributed by atoms with van der Waals surface area (Å²) in [6, 6.07) is 17.4. The van der Waals surface area contributed by atoms with Crippen LogP contribution in [0.1, 0.15) is 38.2 Å². The highest BCUT2D eigenvalue weighted by molar-refractivity contribution is 5.99. The Kier molecular flexibility index (Phi) is 6.79. The molecule has 37 heavy (non-hydrogen) atoms. The zero-order valence-electron chi connectivity index (χ0n) is 20.7. The van der Waals surface area contributed by atoms with Gasteiger partial charge in [-0.2, -0.15) is 0 Å². The highest BCUT2D eigenvalue weighted by Crippen LogP contribution is 2.31. The summed E-state index contributed by atoms with van der Waals surface area (Å²) < 4.78 is 12.5. The van der Waals surface area contributed by atoms with Gasteiger partial charge < -0.3 is 25.5 Å². The first kappa shape index (κ1) is 25.2. The molecule has 0 radical (unpaired) electrons. The van der Waals surface area contributed by atoms with Crippen molar-refractivity contribution in [1.29, 1.82) is 10.8 Å². The number of rotatable bonds is 7. The molecule has 0 aliphatic rings. The molecule has 0 bridgehead atoms. The summed E-state index contributed by atoms with van der Waals surface area (Å²) in [5.41, 5.74) is 14.5. The number of ether oxygens (including phenoxy) is 2. The molecule has 0 aliphatic carbocycles. The average Bonchev–Trinajstić information content (AvgIpc) is 2.86. The van der Waals surface area contributed by atoms with Gasteiger partial charge in [-0.25, -0.2) is 4.79 Å². The zero-order valence-corrected chi connectivity index (χ0v) is 20.7. The van der Waals surface area contributed by atoms with Crippen LogP contribution in [0.2, 0.25) is 0 Å². The number of nitrogens with zero attached hydrogens (tertiary/aromatic N) is 1. The van der Waals surface area contributed by atoms with Crippen LogP contribution in [0, 0.1) is 24.7 Å². The fourth-order valence-electron chi connectivity index (χ4n) is 4.36. The van der Waals surface area contributed by atoms with Crippen LogP contribution < -0.4 is 21.8 Å². The van der Waals surface area contributed by atoms with Crippen LogP contribution in [0.5, 0.6) is 11.5 Å². The molecule has 9 heteroatoms. The summed E-state index contributed by atoms with van der Waals surface area (Å²) in [6.07, 6.45) is 0. The number of methoxy groups -OCH3 is 1. The fourth-order valence-corrected chi connectivity index (χ4v) is 4.36. The van der Waals surface area contributed by atoms with E-state index >= 15 is 0 Å². The quantitative estimate of drug-likeness (QED) is 0.173. The monoisotopic (exact) mass is 497 g/mol. The smallest absolute Gasteiger partial charge is 0.343 e. The van der Waals surface area contributed by atoms with Gasteiger partial charge in [0.2, 0.25) is 0 Å². The molecule has 3 aromatic carbocycles. The molecule has 0 saturated heterocycles. The number of amidine groups is 2. The molecule has 1 heterocycles. The highest BCUT2D eigenvalue weighted by atomic mass is 16.5. The number of aryl methyl sites for hydroxylation is 2. The Labute approximate surface area is 213 Å². The van der Waals surface area contributed by atoms with E-state index in [1.54, 1.807) is 61.5 Å². The summed E-state index contributed by atoms with van der Waals surface area (Å²) in [4.78, 5) is 26.2. The Morgan fingerprint density at radius 1 is 0.919 bits per heavy atom. The second kappa shape index (κ2) is 9.98. The molecule has 0 aliphatic heterocycles. The summed E-state index contributed by atoms with van der Waals surface area (Å²) in [6.45, 7) is 3.78. The molecule has 6 N–H and O–H groups in total. The lowest BCUT2D eigenvalue weighted by Gasteiger charge is -2.18. The predicted molar refractivity (Wildman–Crippen MR) is 143 cm³/mol. The number of carbonyl (C=O) groups is 1. The minimum Gasteiger partial charge on any atom is -0.465 e. The van der Waals surface area contributed by atoms with Crippen LogP contribution in [0.15, 0.2) is 65.5 Å². The summed E-state index contributed by atoms with van der Waals surface area (Å²) in [5, 5.41) is 16.0. The second-order valence-corrected chi connectivity index (χ2v) is 8.67. The van der Waals surface area contributed by atoms with Gasteiger partial charge in [0, 0.05) is 22.6 Å². The molecule has 1 aromatic heterocycles. The molecule has 0 atom stereocenters. The number of hydrogen-bond acceptors (Lipinski definition) is 6. The second-order valence-electron chi connectivity index (χ2n) is 8.67. The van der Waals surface area contributed by atoms with Gasteiger partial charge in [0.05, 0.1) is 19.2 Å². The number of esters is 1. The Morgan fingerprint density at radius 3 is 2.22 bits per heavy atom. The van der Waals surface area contributed by atoms with Crippen molar-refractivity contribution in [2.75, 3.05) is 7.11 Å². The van der Waals surface area contributed by atoms with E-state index < -0.39 is 11.5 Å². The normalized spacial score (nSPS) is 10.8. The third-order valence-corrected chi connectivity index (χ3v) is 6.16. The number of nitrogens with one attached hydrogen (secondary N) is 2. The molecular weight excluding hydrogens is 470 g/mol. The standard InChI is InChI=1S/C28H27N5O4/c1-15-11-21(37-20-6-4-5-19(12-20)26(31)32)13-22-23(15)16(2)24(28(35)36-3)27(34)33(22)14-17-7-9-18(10-8-17)25(29)30/h4-13H,14H2,1-3H3,(H3,29,30)(H3,31,32). The van der Waals surface area contributed by atoms with Gasteiger partial charge in [0.15, 0.2) is 0 Å². The Balaban J connectivity index is 1.91. The first-order valence-corrected chi connectivity index (χ1v) is 11.4. The van der Waals surface area contributed by atoms with Crippen molar-refractivity contribution in [2.45, 2.75) is 20.4 Å². The summed E-state index contributed by atoms with van der Waals surface area (Å²) in [7, 11) is 1.25. The maximum absolute atomic E-state index is 13.6. The van der Waals surface area contributed by atoms with E-state index in [1.165, 1.54) is 11.7 Å². The number of nitrogens with two attached hydrogens (primary N) is 2. The van der Waals surface area contributed by atoms with Gasteiger partial charge in [-0.15, -0.1) is 0 Å². The van der Waals surface area contributed by atoms with Gasteiger partial charge in [-0.05, 0) is 48.7 Å². The Hall–Kier alpha value is -4.92. The molecule has 0 spiro atoms.